The Hall–Kier alpha value is -1.32. The third-order valence-electron chi connectivity index (χ3n) is 0.950. The number of aliphatic imine (C=N–C) groups is 1. The number of nitrogens with one attached hydrogen (secondary N) is 1. The Morgan fingerprint density at radius 3 is 2.78 bits per heavy atom. The maximum Gasteiger partial charge on any atom is 0.369 e. The van der Waals surface area contributed by atoms with E-state index in [0.717, 1.165) is 0 Å². The molecule has 46 valence electrons. The van der Waals surface area contributed by atoms with Gasteiger partial charge in [-0.05, 0) is 6.92 Å². The number of carbonyl (C=O) groups excluding carboxylic acids is 1. The van der Waals surface area contributed by atoms with Crippen molar-refractivity contribution in [2.45, 2.75) is 6.92 Å². The molecular formula is C5H5N3O. The molecule has 0 aromatic heterocycles. The highest BCUT2D eigenvalue weighted by molar-refractivity contribution is 6.04. The molecule has 0 spiro atoms. The van der Waals surface area contributed by atoms with Crippen LogP contribution in [0.3, 0.4) is 0 Å². The number of amides is 2. The van der Waals surface area contributed by atoms with Gasteiger partial charge in [0, 0.05) is 11.8 Å². The van der Waals surface area contributed by atoms with Gasteiger partial charge in [-0.3, -0.25) is 5.73 Å². The van der Waals surface area contributed by atoms with Gasteiger partial charge in [0.1, 0.15) is 0 Å². The van der Waals surface area contributed by atoms with Gasteiger partial charge in [0.25, 0.3) is 0 Å². The Morgan fingerprint density at radius 2 is 2.33 bits per heavy atom. The summed E-state index contributed by atoms with van der Waals surface area (Å²) in [5.74, 6) is 0.00926. The van der Waals surface area contributed by atoms with E-state index < -0.39 is 6.03 Å². The summed E-state index contributed by atoms with van der Waals surface area (Å²) in [6, 6.07) is -0.592. The van der Waals surface area contributed by atoms with E-state index in [0.29, 0.717) is 5.57 Å². The van der Waals surface area contributed by atoms with E-state index >= 15 is 0 Å². The van der Waals surface area contributed by atoms with E-state index in [-0.39, 0.29) is 5.84 Å². The highest BCUT2D eigenvalue weighted by Crippen LogP contribution is 1.98. The van der Waals surface area contributed by atoms with Crippen LogP contribution in [0.2, 0.25) is 0 Å². The van der Waals surface area contributed by atoms with Crippen LogP contribution in [0, 0.1) is 0 Å². The number of hydrogen-bond acceptors (Lipinski definition) is 1. The van der Waals surface area contributed by atoms with E-state index in [1.54, 1.807) is 6.92 Å². The zero-order valence-electron chi connectivity index (χ0n) is 4.88. The molecule has 4 heteroatoms. The van der Waals surface area contributed by atoms with Crippen LogP contribution in [0.4, 0.5) is 4.79 Å². The maximum atomic E-state index is 10.3. The zero-order chi connectivity index (χ0) is 6.85. The topological polar surface area (TPSA) is 67.3 Å². The Kier molecular flexibility index (Phi) is 1.22. The predicted molar refractivity (Wildman–Crippen MR) is 31.8 cm³/mol. The van der Waals surface area contributed by atoms with Gasteiger partial charge in [0.05, 0.1) is 0 Å². The minimum absolute atomic E-state index is 0.00926. The number of nitrogens with zero attached hydrogens (tertiary/aromatic N) is 2. The molecular weight excluding hydrogens is 118 g/mol. The summed E-state index contributed by atoms with van der Waals surface area (Å²) < 4.78 is 0. The molecule has 0 aliphatic carbocycles. The standard InChI is InChI=1S/C5H5N3O/c1-3-2-7-5(9)8-4(3)6/h2,6H,1H3. The second-order valence-electron chi connectivity index (χ2n) is 1.68. The van der Waals surface area contributed by atoms with Crippen molar-refractivity contribution in [2.24, 2.45) is 4.99 Å². The quantitative estimate of drug-likeness (QED) is 0.457. The van der Waals surface area contributed by atoms with Gasteiger partial charge in [-0.1, -0.05) is 0 Å². The first-order valence-electron chi connectivity index (χ1n) is 2.42. The fourth-order valence-corrected chi connectivity index (χ4v) is 0.426. The van der Waals surface area contributed by atoms with E-state index in [4.69, 9.17) is 5.73 Å². The predicted octanol–water partition coefficient (Wildman–Crippen LogP) is 0.310. The fourth-order valence-electron chi connectivity index (χ4n) is 0.426. The lowest BCUT2D eigenvalue weighted by Crippen LogP contribution is -2.17. The first-order chi connectivity index (χ1) is 4.20. The molecule has 2 amide bonds. The summed E-state index contributed by atoms with van der Waals surface area (Å²) in [5.41, 5.74) is 7.63. The lowest BCUT2D eigenvalue weighted by atomic mass is 10.3. The van der Waals surface area contributed by atoms with Crippen LogP contribution < -0.4 is 11.1 Å². The number of urea groups is 1. The molecule has 1 aliphatic heterocycles. The largest absolute Gasteiger partial charge is 0.369 e. The van der Waals surface area contributed by atoms with Gasteiger partial charge in [-0.2, -0.15) is 10.3 Å². The van der Waals surface area contributed by atoms with Crippen LogP contribution in [0.1, 0.15) is 6.92 Å². The first-order valence-corrected chi connectivity index (χ1v) is 2.42. The Bertz CT molecular complexity index is 204. The van der Waals surface area contributed by atoms with Crippen molar-refractivity contribution < 1.29 is 4.79 Å². The second kappa shape index (κ2) is 1.89. The molecule has 2 radical (unpaired) electrons. The Morgan fingerprint density at radius 1 is 1.67 bits per heavy atom. The summed E-state index contributed by atoms with van der Waals surface area (Å²) >= 11 is 0. The van der Waals surface area contributed by atoms with Crippen LogP contribution in [-0.4, -0.2) is 11.9 Å². The van der Waals surface area contributed by atoms with Crippen LogP contribution in [-0.2, 0) is 0 Å². The van der Waals surface area contributed by atoms with Gasteiger partial charge in [-0.25, -0.2) is 4.79 Å². The van der Waals surface area contributed by atoms with Crippen molar-refractivity contribution in [3.63, 3.8) is 0 Å². The molecule has 1 rings (SSSR count). The fraction of sp³-hybridized carbons (Fsp3) is 0.200. The van der Waals surface area contributed by atoms with Crippen LogP contribution in [0.15, 0.2) is 16.8 Å². The maximum absolute atomic E-state index is 10.3. The highest BCUT2D eigenvalue weighted by Gasteiger charge is 2.08. The van der Waals surface area contributed by atoms with E-state index in [2.05, 4.69) is 10.3 Å². The summed E-state index contributed by atoms with van der Waals surface area (Å²) in [6.45, 7) is 1.68. The SMILES string of the molecule is CC1=C[N]C(=O)N=C1[NH]. The van der Waals surface area contributed by atoms with E-state index in [1.807, 2.05) is 0 Å². The van der Waals surface area contributed by atoms with Gasteiger partial charge >= 0.3 is 6.03 Å². The van der Waals surface area contributed by atoms with Gasteiger partial charge in [0.2, 0.25) is 0 Å². The molecule has 0 saturated carbocycles. The molecule has 0 unspecified atom stereocenters. The summed E-state index contributed by atoms with van der Waals surface area (Å²) in [7, 11) is 0. The smallest absolute Gasteiger partial charge is 0.282 e. The molecule has 4 nitrogen and oxygen atoms in total. The normalized spacial score (nSPS) is 18.1. The molecule has 0 saturated heterocycles. The van der Waals surface area contributed by atoms with Crippen molar-refractivity contribution >= 4 is 11.9 Å². The van der Waals surface area contributed by atoms with Gasteiger partial charge in [-0.15, -0.1) is 0 Å². The summed E-state index contributed by atoms with van der Waals surface area (Å²) in [4.78, 5) is 13.6. The average Bonchev–Trinajstić information content (AvgIpc) is 1.80. The zero-order valence-corrected chi connectivity index (χ0v) is 4.88. The van der Waals surface area contributed by atoms with Gasteiger partial charge in [0.15, 0.2) is 5.84 Å². The van der Waals surface area contributed by atoms with Crippen LogP contribution >= 0.6 is 0 Å². The highest BCUT2D eigenvalue weighted by atomic mass is 16.2. The van der Waals surface area contributed by atoms with E-state index in [1.165, 1.54) is 6.20 Å². The molecule has 1 aliphatic rings. The first kappa shape index (κ1) is 5.81. The summed E-state index contributed by atoms with van der Waals surface area (Å²) in [6.07, 6.45) is 1.34. The molecule has 1 heterocycles. The number of carbonyl (C=O) groups is 1. The second-order valence-corrected chi connectivity index (χ2v) is 1.68. The lowest BCUT2D eigenvalue weighted by Gasteiger charge is -2.01. The van der Waals surface area contributed by atoms with Crippen LogP contribution in [0.25, 0.3) is 0 Å². The average molecular weight is 123 g/mol. The molecule has 0 aromatic carbocycles. The third kappa shape index (κ3) is 1.07. The molecule has 0 bridgehead atoms. The molecule has 1 N–H and O–H groups in total. The minimum atomic E-state index is -0.592. The third-order valence-corrected chi connectivity index (χ3v) is 0.950. The number of hydrogen-bond donors (Lipinski definition) is 0. The number of rotatable bonds is 0. The number of amidine groups is 1. The minimum Gasteiger partial charge on any atom is -0.282 e. The Labute approximate surface area is 52.5 Å². The molecule has 0 fully saturated rings. The van der Waals surface area contributed by atoms with Crippen molar-refractivity contribution in [3.05, 3.63) is 11.8 Å². The van der Waals surface area contributed by atoms with Crippen molar-refractivity contribution in [2.75, 3.05) is 0 Å². The lowest BCUT2D eigenvalue weighted by molar-refractivity contribution is 0.251. The molecule has 0 aromatic rings. The van der Waals surface area contributed by atoms with Gasteiger partial charge < -0.3 is 0 Å². The van der Waals surface area contributed by atoms with Crippen molar-refractivity contribution in [1.82, 2.24) is 11.1 Å². The molecule has 0 atom stereocenters. The summed E-state index contributed by atoms with van der Waals surface area (Å²) in [5, 5.41) is 3.35. The Balaban J connectivity index is 2.87. The van der Waals surface area contributed by atoms with E-state index in [9.17, 15) is 4.79 Å². The van der Waals surface area contributed by atoms with Crippen molar-refractivity contribution in [3.8, 4) is 0 Å². The van der Waals surface area contributed by atoms with Crippen molar-refractivity contribution in [1.29, 1.82) is 0 Å². The van der Waals surface area contributed by atoms with Crippen LogP contribution in [0.5, 0.6) is 0 Å². The monoisotopic (exact) mass is 123 g/mol. The molecule has 9 heavy (non-hydrogen) atoms.